The Hall–Kier alpha value is -2.46. The van der Waals surface area contributed by atoms with Crippen LogP contribution in [0.15, 0.2) is 24.4 Å². The lowest BCUT2D eigenvalue weighted by molar-refractivity contribution is -0.357. The van der Waals surface area contributed by atoms with Crippen LogP contribution < -0.4 is 0 Å². The molecule has 2 heterocycles. The van der Waals surface area contributed by atoms with E-state index < -0.39 is 34.7 Å². The average Bonchev–Trinajstić information content (AvgIpc) is 3.04. The number of halogens is 6. The number of alkyl halides is 6. The molecule has 0 unspecified atom stereocenters. The van der Waals surface area contributed by atoms with E-state index in [4.69, 9.17) is 0 Å². The summed E-state index contributed by atoms with van der Waals surface area (Å²) in [6.45, 7) is 0. The van der Waals surface area contributed by atoms with E-state index >= 15 is 0 Å². The second-order valence-corrected chi connectivity index (χ2v) is 6.65. The van der Waals surface area contributed by atoms with E-state index in [1.807, 2.05) is 0 Å². The number of pyridine rings is 2. The quantitative estimate of drug-likeness (QED) is 0.367. The van der Waals surface area contributed by atoms with Crippen molar-refractivity contribution < 1.29 is 36.6 Å². The molecule has 1 aliphatic rings. The number of aryl methyl sites for hydroxylation is 1. The summed E-state index contributed by atoms with van der Waals surface area (Å²) in [5, 5.41) is 18.6. The van der Waals surface area contributed by atoms with E-state index in [0.717, 1.165) is 6.07 Å². The molecule has 0 bridgehead atoms. The molecule has 3 aromatic rings. The number of rotatable bonds is 1. The second-order valence-electron chi connectivity index (χ2n) is 6.65. The largest absolute Gasteiger partial charge is 0.447 e. The lowest BCUT2D eigenvalue weighted by atomic mass is 9.93. The minimum atomic E-state index is -5.54. The van der Waals surface area contributed by atoms with Gasteiger partial charge in [0.1, 0.15) is 0 Å². The van der Waals surface area contributed by atoms with E-state index in [-0.39, 0.29) is 34.1 Å². The van der Waals surface area contributed by atoms with Crippen molar-refractivity contribution in [3.8, 4) is 0 Å². The first-order valence-electron chi connectivity index (χ1n) is 8.25. The van der Waals surface area contributed by atoms with E-state index in [2.05, 4.69) is 9.97 Å². The minimum absolute atomic E-state index is 0.0743. The molecule has 2 aromatic heterocycles. The molecule has 0 saturated carbocycles. The summed E-state index contributed by atoms with van der Waals surface area (Å²) in [6.07, 6.45) is -8.36. The molecule has 10 heteroatoms. The predicted octanol–water partition coefficient (Wildman–Crippen LogP) is 3.99. The average molecular weight is 402 g/mol. The van der Waals surface area contributed by atoms with Crippen LogP contribution in [-0.2, 0) is 24.8 Å². The van der Waals surface area contributed by atoms with E-state index in [1.54, 1.807) is 0 Å². The molecule has 0 saturated heterocycles. The Kier molecular flexibility index (Phi) is 3.89. The summed E-state index contributed by atoms with van der Waals surface area (Å²) in [6, 6.07) is 2.90. The van der Waals surface area contributed by atoms with Crippen LogP contribution in [0.4, 0.5) is 26.3 Å². The van der Waals surface area contributed by atoms with Crippen molar-refractivity contribution in [2.45, 2.75) is 37.4 Å². The van der Waals surface area contributed by atoms with Crippen molar-refractivity contribution in [1.29, 1.82) is 0 Å². The van der Waals surface area contributed by atoms with Gasteiger partial charge in [-0.05, 0) is 37.0 Å². The molecule has 0 spiro atoms. The molecular weight excluding hydrogens is 390 g/mol. The van der Waals surface area contributed by atoms with Crippen molar-refractivity contribution in [2.24, 2.45) is 0 Å². The maximum Gasteiger partial charge on any atom is 0.447 e. The summed E-state index contributed by atoms with van der Waals surface area (Å²) >= 11 is 0. The minimum Gasteiger partial charge on any atom is -0.355 e. The Balaban J connectivity index is 2.23. The van der Waals surface area contributed by atoms with Gasteiger partial charge in [-0.2, -0.15) is 26.3 Å². The summed E-state index contributed by atoms with van der Waals surface area (Å²) in [7, 11) is 0. The van der Waals surface area contributed by atoms with Crippen LogP contribution in [0.25, 0.3) is 21.8 Å². The highest BCUT2D eigenvalue weighted by Gasteiger charge is 2.55. The smallest absolute Gasteiger partial charge is 0.355 e. The monoisotopic (exact) mass is 402 g/mol. The summed E-state index contributed by atoms with van der Waals surface area (Å²) in [5.41, 5.74) is -2.54. The van der Waals surface area contributed by atoms with Crippen LogP contribution in [0.3, 0.4) is 0 Å². The SMILES string of the molecule is OC(O)(c1cc2c(C(F)(F)F)c3c(nc2c2ncccc12)CCC3)C(F)(F)F. The molecule has 0 atom stereocenters. The van der Waals surface area contributed by atoms with Crippen LogP contribution in [0.2, 0.25) is 0 Å². The van der Waals surface area contributed by atoms with E-state index in [0.29, 0.717) is 18.9 Å². The number of fused-ring (bicyclic) bond motifs is 4. The molecule has 4 rings (SSSR count). The number of benzene rings is 1. The van der Waals surface area contributed by atoms with Crippen molar-refractivity contribution in [3.63, 3.8) is 0 Å². The Morgan fingerprint density at radius 1 is 0.929 bits per heavy atom. The molecule has 0 radical (unpaired) electrons. The number of hydrogen-bond donors (Lipinski definition) is 2. The van der Waals surface area contributed by atoms with Gasteiger partial charge in [0.15, 0.2) is 0 Å². The van der Waals surface area contributed by atoms with Gasteiger partial charge < -0.3 is 10.2 Å². The molecular formula is C18H12F6N2O2. The molecule has 0 fully saturated rings. The lowest BCUT2D eigenvalue weighted by Crippen LogP contribution is -2.42. The van der Waals surface area contributed by atoms with E-state index in [9.17, 15) is 36.6 Å². The third-order valence-electron chi connectivity index (χ3n) is 4.93. The zero-order valence-electron chi connectivity index (χ0n) is 14.0. The summed E-state index contributed by atoms with van der Waals surface area (Å²) in [4.78, 5) is 8.13. The van der Waals surface area contributed by atoms with Crippen LogP contribution in [0.1, 0.15) is 28.8 Å². The second kappa shape index (κ2) is 5.77. The standard InChI is InChI=1S/C18H12F6N2O2/c19-17(20,21)13-9-3-1-5-12(9)26-15-10(13)7-11(16(27,28)18(22,23)24)8-4-2-6-25-14(8)15/h2,4,6-7,27-28H,1,3,5H2. The van der Waals surface area contributed by atoms with E-state index in [1.165, 1.54) is 12.3 Å². The van der Waals surface area contributed by atoms with Crippen LogP contribution >= 0.6 is 0 Å². The number of nitrogens with zero attached hydrogens (tertiary/aromatic N) is 2. The highest BCUT2D eigenvalue weighted by Crippen LogP contribution is 2.46. The van der Waals surface area contributed by atoms with Crippen LogP contribution in [0, 0.1) is 0 Å². The number of aromatic nitrogens is 2. The first-order chi connectivity index (χ1) is 12.9. The van der Waals surface area contributed by atoms with Gasteiger partial charge in [-0.25, -0.2) is 0 Å². The van der Waals surface area contributed by atoms with Crippen LogP contribution in [-0.4, -0.2) is 26.4 Å². The van der Waals surface area contributed by atoms with Gasteiger partial charge in [-0.1, -0.05) is 6.07 Å². The molecule has 1 aromatic carbocycles. The topological polar surface area (TPSA) is 66.2 Å². The molecule has 148 valence electrons. The normalized spacial score (nSPS) is 15.4. The Bertz CT molecular complexity index is 1110. The fourth-order valence-corrected chi connectivity index (χ4v) is 3.72. The van der Waals surface area contributed by atoms with Gasteiger partial charge >= 0.3 is 12.4 Å². The molecule has 2 N–H and O–H groups in total. The van der Waals surface area contributed by atoms with Gasteiger partial charge in [0.2, 0.25) is 0 Å². The van der Waals surface area contributed by atoms with Crippen molar-refractivity contribution in [2.75, 3.05) is 0 Å². The van der Waals surface area contributed by atoms with Crippen LogP contribution in [0.5, 0.6) is 0 Å². The predicted molar refractivity (Wildman–Crippen MR) is 86.2 cm³/mol. The zero-order valence-corrected chi connectivity index (χ0v) is 14.0. The first-order valence-corrected chi connectivity index (χ1v) is 8.25. The van der Waals surface area contributed by atoms with Gasteiger partial charge in [0.25, 0.3) is 5.79 Å². The fourth-order valence-electron chi connectivity index (χ4n) is 3.72. The molecule has 0 aliphatic heterocycles. The Morgan fingerprint density at radius 2 is 1.64 bits per heavy atom. The summed E-state index contributed by atoms with van der Waals surface area (Å²) in [5.74, 6) is -4.36. The maximum atomic E-state index is 13.8. The van der Waals surface area contributed by atoms with Gasteiger partial charge in [-0.15, -0.1) is 0 Å². The van der Waals surface area contributed by atoms with Gasteiger partial charge in [0, 0.05) is 28.2 Å². The highest BCUT2D eigenvalue weighted by molar-refractivity contribution is 6.06. The van der Waals surface area contributed by atoms with Gasteiger partial charge in [-0.3, -0.25) is 9.97 Å². The van der Waals surface area contributed by atoms with Crippen molar-refractivity contribution >= 4 is 21.8 Å². The van der Waals surface area contributed by atoms with Crippen molar-refractivity contribution in [1.82, 2.24) is 9.97 Å². The molecule has 1 aliphatic carbocycles. The molecule has 28 heavy (non-hydrogen) atoms. The van der Waals surface area contributed by atoms with Gasteiger partial charge in [0.05, 0.1) is 16.6 Å². The Morgan fingerprint density at radius 3 is 2.29 bits per heavy atom. The molecule has 4 nitrogen and oxygen atoms in total. The lowest BCUT2D eigenvalue weighted by Gasteiger charge is -2.27. The third-order valence-corrected chi connectivity index (χ3v) is 4.93. The summed E-state index contributed by atoms with van der Waals surface area (Å²) < 4.78 is 81.2. The first kappa shape index (κ1) is 18.9. The molecule has 0 amide bonds. The highest BCUT2D eigenvalue weighted by atomic mass is 19.4. The Labute approximate surface area is 153 Å². The number of aliphatic hydroxyl groups is 2. The maximum absolute atomic E-state index is 13.8. The number of hydrogen-bond acceptors (Lipinski definition) is 4. The third kappa shape index (κ3) is 2.62. The van der Waals surface area contributed by atoms with Crippen molar-refractivity contribution in [3.05, 3.63) is 46.8 Å². The zero-order chi connectivity index (χ0) is 20.5. The fraction of sp³-hybridized carbons (Fsp3) is 0.333.